The quantitative estimate of drug-likeness (QED) is 0.0975. The molecule has 1 aromatic heterocycles. The van der Waals surface area contributed by atoms with Crippen LogP contribution in [0.3, 0.4) is 0 Å². The van der Waals surface area contributed by atoms with Crippen LogP contribution in [0.4, 0.5) is 0 Å². The standard InChI is InChI=1S/C40H44Cl2N4O6/c41-35-17-28(22-45-29(23-47)24-48)38(51-25-27-16-26(19-43)20-44-21-27)18-39(35)52-36-9-8-32-31(4-1-5-33(32)36)34-6-2-7-37(40(34)42)50-15-3-12-46-13-10-30(49)11-14-46/h1-2,4-7,16-18,20-21,29-30,36,45,47-49H,3,8-15,22-25H2/t36-/m0/s1. The van der Waals surface area contributed by atoms with E-state index in [1.165, 1.54) is 6.20 Å². The van der Waals surface area contributed by atoms with Gasteiger partial charge in [-0.2, -0.15) is 5.26 Å². The van der Waals surface area contributed by atoms with Crippen LogP contribution in [0.1, 0.15) is 59.6 Å². The Morgan fingerprint density at radius 1 is 0.942 bits per heavy atom. The second-order valence-electron chi connectivity index (χ2n) is 13.2. The molecule has 10 nitrogen and oxygen atoms in total. The van der Waals surface area contributed by atoms with Crippen molar-refractivity contribution in [1.82, 2.24) is 15.2 Å². The third kappa shape index (κ3) is 9.35. The number of benzene rings is 3. The van der Waals surface area contributed by atoms with Crippen molar-refractivity contribution in [3.05, 3.63) is 105 Å². The minimum absolute atomic E-state index is 0.155. The van der Waals surface area contributed by atoms with E-state index in [0.717, 1.165) is 79.6 Å². The van der Waals surface area contributed by atoms with Gasteiger partial charge in [0.05, 0.1) is 47.6 Å². The third-order valence-corrected chi connectivity index (χ3v) is 10.3. The topological polar surface area (TPSA) is 140 Å². The molecule has 2 heterocycles. The summed E-state index contributed by atoms with van der Waals surface area (Å²) in [6.45, 7) is 3.29. The summed E-state index contributed by atoms with van der Waals surface area (Å²) in [6.07, 6.45) is 6.75. The van der Waals surface area contributed by atoms with Gasteiger partial charge in [-0.1, -0.05) is 53.5 Å². The number of nitrogens with one attached hydrogen (secondary N) is 1. The van der Waals surface area contributed by atoms with Crippen molar-refractivity contribution in [2.24, 2.45) is 0 Å². The van der Waals surface area contributed by atoms with Gasteiger partial charge in [0.15, 0.2) is 0 Å². The molecule has 1 aliphatic heterocycles. The summed E-state index contributed by atoms with van der Waals surface area (Å²) >= 11 is 13.8. The van der Waals surface area contributed by atoms with Crippen molar-refractivity contribution in [3.63, 3.8) is 0 Å². The smallest absolute Gasteiger partial charge is 0.142 e. The maximum atomic E-state index is 9.77. The summed E-state index contributed by atoms with van der Waals surface area (Å²) < 4.78 is 19.0. The van der Waals surface area contributed by atoms with Gasteiger partial charge in [-0.15, -0.1) is 0 Å². The minimum Gasteiger partial charge on any atom is -0.492 e. The van der Waals surface area contributed by atoms with Crippen LogP contribution in [0, 0.1) is 11.3 Å². The van der Waals surface area contributed by atoms with Gasteiger partial charge in [0.25, 0.3) is 0 Å². The first-order valence-electron chi connectivity index (χ1n) is 17.7. The van der Waals surface area contributed by atoms with Crippen LogP contribution in [0.25, 0.3) is 11.1 Å². The van der Waals surface area contributed by atoms with Gasteiger partial charge < -0.3 is 39.7 Å². The molecule has 4 N–H and O–H groups in total. The number of pyridine rings is 1. The van der Waals surface area contributed by atoms with Crippen molar-refractivity contribution in [2.45, 2.75) is 63.5 Å². The van der Waals surface area contributed by atoms with E-state index >= 15 is 0 Å². The Labute approximate surface area is 314 Å². The number of fused-ring (bicyclic) bond motifs is 1. The fourth-order valence-electron chi connectivity index (χ4n) is 6.76. The monoisotopic (exact) mass is 746 g/mol. The van der Waals surface area contributed by atoms with Crippen molar-refractivity contribution < 1.29 is 29.5 Å². The van der Waals surface area contributed by atoms with Crippen LogP contribution in [-0.2, 0) is 19.6 Å². The fourth-order valence-corrected chi connectivity index (χ4v) is 7.27. The van der Waals surface area contributed by atoms with Crippen molar-refractivity contribution >= 4 is 23.2 Å². The number of hydrogen-bond donors (Lipinski definition) is 4. The Morgan fingerprint density at radius 3 is 2.52 bits per heavy atom. The average Bonchev–Trinajstić information content (AvgIpc) is 3.58. The zero-order valence-electron chi connectivity index (χ0n) is 28.9. The lowest BCUT2D eigenvalue weighted by molar-refractivity contribution is 0.0800. The maximum Gasteiger partial charge on any atom is 0.142 e. The second-order valence-corrected chi connectivity index (χ2v) is 14.0. The summed E-state index contributed by atoms with van der Waals surface area (Å²) in [5.74, 6) is 1.63. The molecule has 0 spiro atoms. The molecule has 0 saturated carbocycles. The zero-order chi connectivity index (χ0) is 36.5. The van der Waals surface area contributed by atoms with Gasteiger partial charge in [-0.05, 0) is 67.0 Å². The lowest BCUT2D eigenvalue weighted by Gasteiger charge is -2.29. The number of piperidine rings is 1. The van der Waals surface area contributed by atoms with E-state index in [0.29, 0.717) is 45.0 Å². The lowest BCUT2D eigenvalue weighted by atomic mass is 9.96. The number of halogens is 2. The number of aliphatic hydroxyl groups excluding tert-OH is 3. The summed E-state index contributed by atoms with van der Waals surface area (Å²) in [5, 5.41) is 42.3. The predicted molar refractivity (Wildman–Crippen MR) is 200 cm³/mol. The summed E-state index contributed by atoms with van der Waals surface area (Å²) in [6, 6.07) is 18.9. The van der Waals surface area contributed by atoms with Crippen molar-refractivity contribution in [3.8, 4) is 34.4 Å². The Balaban J connectivity index is 1.18. The highest BCUT2D eigenvalue weighted by Gasteiger charge is 2.29. The molecule has 12 heteroatoms. The van der Waals surface area contributed by atoms with Gasteiger partial charge in [-0.3, -0.25) is 4.98 Å². The van der Waals surface area contributed by atoms with Crippen LogP contribution in [0.5, 0.6) is 17.2 Å². The molecule has 1 saturated heterocycles. The van der Waals surface area contributed by atoms with Crippen LogP contribution >= 0.6 is 23.2 Å². The largest absolute Gasteiger partial charge is 0.492 e. The predicted octanol–water partition coefficient (Wildman–Crippen LogP) is 6.24. The number of likely N-dealkylation sites (tertiary alicyclic amines) is 1. The molecular weight excluding hydrogens is 703 g/mol. The Bertz CT molecular complexity index is 1860. The number of hydrogen-bond acceptors (Lipinski definition) is 10. The number of rotatable bonds is 16. The molecule has 0 unspecified atom stereocenters. The Hall–Kier alpha value is -3.92. The van der Waals surface area contributed by atoms with Gasteiger partial charge >= 0.3 is 0 Å². The molecule has 2 aliphatic rings. The van der Waals surface area contributed by atoms with E-state index in [1.807, 2.05) is 24.3 Å². The Morgan fingerprint density at radius 2 is 1.73 bits per heavy atom. The molecule has 52 heavy (non-hydrogen) atoms. The number of aromatic nitrogens is 1. The normalized spacial score (nSPS) is 16.1. The molecule has 1 fully saturated rings. The third-order valence-electron chi connectivity index (χ3n) is 9.63. The number of ether oxygens (including phenoxy) is 3. The van der Waals surface area contributed by atoms with Crippen molar-refractivity contribution in [1.29, 1.82) is 5.26 Å². The highest BCUT2D eigenvalue weighted by Crippen LogP contribution is 2.45. The molecule has 4 aromatic rings. The van der Waals surface area contributed by atoms with Gasteiger partial charge in [-0.25, -0.2) is 0 Å². The van der Waals surface area contributed by atoms with Crippen LogP contribution in [-0.4, -0.2) is 76.8 Å². The Kier molecular flexibility index (Phi) is 13.3. The van der Waals surface area contributed by atoms with E-state index in [-0.39, 0.29) is 38.6 Å². The molecule has 1 atom stereocenters. The van der Waals surface area contributed by atoms with Gasteiger partial charge in [0.1, 0.15) is 36.0 Å². The fraction of sp³-hybridized carbons (Fsp3) is 0.400. The van der Waals surface area contributed by atoms with E-state index < -0.39 is 6.04 Å². The maximum absolute atomic E-state index is 9.77. The van der Waals surface area contributed by atoms with Gasteiger partial charge in [0.2, 0.25) is 0 Å². The van der Waals surface area contributed by atoms with Crippen molar-refractivity contribution in [2.75, 3.05) is 39.5 Å². The molecule has 0 bridgehead atoms. The van der Waals surface area contributed by atoms with E-state index in [9.17, 15) is 20.6 Å². The highest BCUT2D eigenvalue weighted by molar-refractivity contribution is 6.35. The summed E-state index contributed by atoms with van der Waals surface area (Å²) in [4.78, 5) is 6.50. The van der Waals surface area contributed by atoms with Crippen LogP contribution in [0.2, 0.25) is 10.0 Å². The van der Waals surface area contributed by atoms with E-state index in [4.69, 9.17) is 37.4 Å². The minimum atomic E-state index is -0.509. The molecule has 0 radical (unpaired) electrons. The SMILES string of the molecule is N#Cc1cncc(COc2cc(O[C@H]3CCc4c(-c5cccc(OCCCN6CCC(O)CC6)c5Cl)cccc43)c(Cl)cc2CNC(CO)CO)c1. The summed E-state index contributed by atoms with van der Waals surface area (Å²) in [7, 11) is 0. The lowest BCUT2D eigenvalue weighted by Crippen LogP contribution is -2.36. The first-order valence-corrected chi connectivity index (χ1v) is 18.5. The first kappa shape index (κ1) is 37.8. The summed E-state index contributed by atoms with van der Waals surface area (Å²) in [5.41, 5.74) is 6.04. The van der Waals surface area contributed by atoms with E-state index in [1.54, 1.807) is 24.4 Å². The molecular formula is C40H44Cl2N4O6. The van der Waals surface area contributed by atoms with Crippen LogP contribution < -0.4 is 19.5 Å². The zero-order valence-corrected chi connectivity index (χ0v) is 30.5. The number of nitriles is 1. The molecule has 6 rings (SSSR count). The van der Waals surface area contributed by atoms with Crippen LogP contribution in [0.15, 0.2) is 67.0 Å². The molecule has 3 aromatic carbocycles. The molecule has 1 aliphatic carbocycles. The van der Waals surface area contributed by atoms with E-state index in [2.05, 4.69) is 33.4 Å². The first-order chi connectivity index (χ1) is 25.4. The highest BCUT2D eigenvalue weighted by atomic mass is 35.5. The number of aliphatic hydroxyl groups is 3. The average molecular weight is 748 g/mol. The molecule has 274 valence electrons. The van der Waals surface area contributed by atoms with Gasteiger partial charge in [0, 0.05) is 61.3 Å². The number of nitrogens with zero attached hydrogens (tertiary/aromatic N) is 3. The second kappa shape index (κ2) is 18.2. The molecule has 0 amide bonds.